The van der Waals surface area contributed by atoms with Crippen LogP contribution in [0.15, 0.2) is 72.9 Å². The van der Waals surface area contributed by atoms with Crippen molar-refractivity contribution in [3.05, 3.63) is 95.3 Å². The van der Waals surface area contributed by atoms with Crippen molar-refractivity contribution in [2.75, 3.05) is 13.2 Å². The van der Waals surface area contributed by atoms with Crippen LogP contribution in [-0.4, -0.2) is 40.0 Å². The Morgan fingerprint density at radius 3 is 2.29 bits per heavy atom. The Hall–Kier alpha value is -3.67. The second-order valence-corrected chi connectivity index (χ2v) is 7.17. The van der Waals surface area contributed by atoms with Crippen LogP contribution in [0.3, 0.4) is 0 Å². The van der Waals surface area contributed by atoms with E-state index in [4.69, 9.17) is 4.74 Å². The highest BCUT2D eigenvalue weighted by Gasteiger charge is 2.18. The van der Waals surface area contributed by atoms with E-state index in [1.54, 1.807) is 24.3 Å². The van der Waals surface area contributed by atoms with Crippen LogP contribution < -0.4 is 4.74 Å². The van der Waals surface area contributed by atoms with Crippen molar-refractivity contribution in [3.63, 3.8) is 0 Å². The lowest BCUT2D eigenvalue weighted by Crippen LogP contribution is -2.35. The van der Waals surface area contributed by atoms with Gasteiger partial charge in [0.2, 0.25) is 0 Å². The topological polar surface area (TPSA) is 79.7 Å². The van der Waals surface area contributed by atoms with Gasteiger partial charge in [0, 0.05) is 30.4 Å². The van der Waals surface area contributed by atoms with Crippen molar-refractivity contribution in [3.8, 4) is 5.75 Å². The number of carboxylic acids is 1. The molecule has 2 aromatic carbocycles. The summed E-state index contributed by atoms with van der Waals surface area (Å²) in [4.78, 5) is 29.7. The van der Waals surface area contributed by atoms with Gasteiger partial charge in [-0.15, -0.1) is 0 Å². The first-order valence-corrected chi connectivity index (χ1v) is 10.3. The molecule has 0 aliphatic heterocycles. The number of carbonyl (C=O) groups is 2. The van der Waals surface area contributed by atoms with Crippen molar-refractivity contribution < 1.29 is 19.4 Å². The second-order valence-electron chi connectivity index (χ2n) is 7.17. The number of aryl methyl sites for hydroxylation is 1. The number of carboxylic acid groups (broad SMARTS) is 1. The van der Waals surface area contributed by atoms with Gasteiger partial charge in [0.15, 0.2) is 0 Å². The molecule has 6 nitrogen and oxygen atoms in total. The fourth-order valence-corrected chi connectivity index (χ4v) is 3.12. The Labute approximate surface area is 182 Å². The number of rotatable bonds is 10. The van der Waals surface area contributed by atoms with E-state index in [2.05, 4.69) is 18.0 Å². The fourth-order valence-electron chi connectivity index (χ4n) is 3.12. The third-order valence-corrected chi connectivity index (χ3v) is 4.85. The molecule has 0 fully saturated rings. The minimum absolute atomic E-state index is 0.202. The summed E-state index contributed by atoms with van der Waals surface area (Å²) in [6, 6.07) is 20.1. The standard InChI is InChI=1S/C25H26N2O4/c1-2-19-8-11-22(26-16-19)14-15-31-23-12-9-20(10-13-23)17-27(18-24(28)29)25(30)21-6-4-3-5-7-21/h3-13,16H,2,14-15,17-18H2,1H3,(H,28,29). The molecule has 0 aliphatic carbocycles. The van der Waals surface area contributed by atoms with Crippen molar-refractivity contribution in [2.24, 2.45) is 0 Å². The van der Waals surface area contributed by atoms with Gasteiger partial charge in [0.1, 0.15) is 12.3 Å². The molecule has 0 bridgehead atoms. The van der Waals surface area contributed by atoms with E-state index in [9.17, 15) is 14.7 Å². The minimum Gasteiger partial charge on any atom is -0.493 e. The number of pyridine rings is 1. The average Bonchev–Trinajstić information content (AvgIpc) is 2.80. The Kier molecular flexibility index (Phi) is 7.76. The molecule has 0 saturated carbocycles. The van der Waals surface area contributed by atoms with Gasteiger partial charge in [-0.05, 0) is 47.9 Å². The average molecular weight is 418 g/mol. The summed E-state index contributed by atoms with van der Waals surface area (Å²) in [7, 11) is 0. The van der Waals surface area contributed by atoms with Crippen LogP contribution in [0, 0.1) is 0 Å². The Balaban J connectivity index is 1.57. The highest BCUT2D eigenvalue weighted by Crippen LogP contribution is 2.16. The maximum Gasteiger partial charge on any atom is 0.323 e. The number of carbonyl (C=O) groups excluding carboxylic acids is 1. The SMILES string of the molecule is CCc1ccc(CCOc2ccc(CN(CC(=O)O)C(=O)c3ccccc3)cc2)nc1. The smallest absolute Gasteiger partial charge is 0.323 e. The van der Waals surface area contributed by atoms with E-state index in [0.717, 1.165) is 17.7 Å². The molecule has 0 spiro atoms. The summed E-state index contributed by atoms with van der Waals surface area (Å²) in [6.07, 6.45) is 3.57. The zero-order valence-electron chi connectivity index (χ0n) is 17.5. The molecule has 6 heteroatoms. The molecule has 1 N–H and O–H groups in total. The molecular weight excluding hydrogens is 392 g/mol. The second kappa shape index (κ2) is 10.9. The summed E-state index contributed by atoms with van der Waals surface area (Å²) >= 11 is 0. The number of nitrogens with zero attached hydrogens (tertiary/aromatic N) is 2. The van der Waals surface area contributed by atoms with Gasteiger partial charge >= 0.3 is 5.97 Å². The van der Waals surface area contributed by atoms with Gasteiger partial charge in [-0.3, -0.25) is 14.6 Å². The maximum atomic E-state index is 12.7. The Morgan fingerprint density at radius 1 is 0.968 bits per heavy atom. The molecule has 31 heavy (non-hydrogen) atoms. The molecule has 0 aliphatic rings. The summed E-state index contributed by atoms with van der Waals surface area (Å²) < 4.78 is 5.79. The first-order valence-electron chi connectivity index (χ1n) is 10.3. The quantitative estimate of drug-likeness (QED) is 0.538. The molecule has 3 rings (SSSR count). The third kappa shape index (κ3) is 6.67. The van der Waals surface area contributed by atoms with Gasteiger partial charge in [-0.25, -0.2) is 0 Å². The zero-order valence-corrected chi connectivity index (χ0v) is 17.5. The molecule has 0 unspecified atom stereocenters. The monoisotopic (exact) mass is 418 g/mol. The molecule has 1 amide bonds. The molecule has 0 saturated heterocycles. The van der Waals surface area contributed by atoms with Crippen LogP contribution >= 0.6 is 0 Å². The van der Waals surface area contributed by atoms with Gasteiger partial charge in [0.25, 0.3) is 5.91 Å². The molecular formula is C25H26N2O4. The first-order chi connectivity index (χ1) is 15.0. The van der Waals surface area contributed by atoms with Gasteiger partial charge < -0.3 is 14.7 Å². The van der Waals surface area contributed by atoms with Gasteiger partial charge in [-0.1, -0.05) is 43.3 Å². The number of amides is 1. The van der Waals surface area contributed by atoms with E-state index in [1.165, 1.54) is 10.5 Å². The van der Waals surface area contributed by atoms with Gasteiger partial charge in [-0.2, -0.15) is 0 Å². The van der Waals surface area contributed by atoms with Crippen molar-refractivity contribution in [1.82, 2.24) is 9.88 Å². The Bertz CT molecular complexity index is 986. The number of aromatic nitrogens is 1. The molecule has 0 atom stereocenters. The number of ether oxygens (including phenoxy) is 1. The molecule has 160 valence electrons. The number of aliphatic carboxylic acids is 1. The van der Waals surface area contributed by atoms with Crippen LogP contribution in [0.2, 0.25) is 0 Å². The zero-order chi connectivity index (χ0) is 22.1. The van der Waals surface area contributed by atoms with Crippen LogP contribution in [0.1, 0.15) is 34.1 Å². The van der Waals surface area contributed by atoms with E-state index in [-0.39, 0.29) is 19.0 Å². The molecule has 0 radical (unpaired) electrons. The predicted molar refractivity (Wildman–Crippen MR) is 118 cm³/mol. The number of hydrogen-bond donors (Lipinski definition) is 1. The predicted octanol–water partition coefficient (Wildman–Crippen LogP) is 3.99. The lowest BCUT2D eigenvalue weighted by atomic mass is 10.1. The summed E-state index contributed by atoms with van der Waals surface area (Å²) in [5.74, 6) is -0.650. The van der Waals surface area contributed by atoms with E-state index in [0.29, 0.717) is 24.3 Å². The minimum atomic E-state index is -1.05. The largest absolute Gasteiger partial charge is 0.493 e. The fraction of sp³-hybridized carbons (Fsp3) is 0.240. The molecule has 1 aromatic heterocycles. The van der Waals surface area contributed by atoms with E-state index < -0.39 is 5.97 Å². The third-order valence-electron chi connectivity index (χ3n) is 4.85. The maximum absolute atomic E-state index is 12.7. The molecule has 1 heterocycles. The van der Waals surface area contributed by atoms with Crippen molar-refractivity contribution in [2.45, 2.75) is 26.3 Å². The highest BCUT2D eigenvalue weighted by molar-refractivity contribution is 5.95. The number of benzene rings is 2. The van der Waals surface area contributed by atoms with Gasteiger partial charge in [0.05, 0.1) is 6.61 Å². The van der Waals surface area contributed by atoms with Crippen molar-refractivity contribution >= 4 is 11.9 Å². The van der Waals surface area contributed by atoms with Crippen LogP contribution in [0.25, 0.3) is 0 Å². The lowest BCUT2D eigenvalue weighted by molar-refractivity contribution is -0.137. The highest BCUT2D eigenvalue weighted by atomic mass is 16.5. The van der Waals surface area contributed by atoms with Crippen molar-refractivity contribution in [1.29, 1.82) is 0 Å². The van der Waals surface area contributed by atoms with E-state index in [1.807, 2.05) is 42.6 Å². The normalized spacial score (nSPS) is 10.5. The van der Waals surface area contributed by atoms with Crippen LogP contribution in [0.4, 0.5) is 0 Å². The van der Waals surface area contributed by atoms with Crippen LogP contribution in [-0.2, 0) is 24.2 Å². The summed E-state index contributed by atoms with van der Waals surface area (Å²) in [5.41, 5.74) is 3.49. The summed E-state index contributed by atoms with van der Waals surface area (Å²) in [5, 5.41) is 9.20. The van der Waals surface area contributed by atoms with Crippen LogP contribution in [0.5, 0.6) is 5.75 Å². The van der Waals surface area contributed by atoms with E-state index >= 15 is 0 Å². The summed E-state index contributed by atoms with van der Waals surface area (Å²) in [6.45, 7) is 2.45. The Morgan fingerprint density at radius 2 is 1.68 bits per heavy atom. The lowest BCUT2D eigenvalue weighted by Gasteiger charge is -2.21. The first kappa shape index (κ1) is 22.0. The number of hydrogen-bond acceptors (Lipinski definition) is 4. The molecule has 3 aromatic rings.